The Kier molecular flexibility index (Phi) is 4.11. The van der Waals surface area contributed by atoms with E-state index in [9.17, 15) is 14.4 Å². The van der Waals surface area contributed by atoms with E-state index in [2.05, 4.69) is 0 Å². The summed E-state index contributed by atoms with van der Waals surface area (Å²) in [6.07, 6.45) is 4.54. The van der Waals surface area contributed by atoms with E-state index >= 15 is 0 Å². The van der Waals surface area contributed by atoms with Crippen molar-refractivity contribution >= 4 is 17.8 Å². The number of hydrogen-bond acceptors (Lipinski definition) is 4. The number of hydrogen-bond donors (Lipinski definition) is 0. The maximum atomic E-state index is 12.6. The summed E-state index contributed by atoms with van der Waals surface area (Å²) in [5.74, 6) is -1.54. The highest BCUT2D eigenvalue weighted by Crippen LogP contribution is 2.27. The van der Waals surface area contributed by atoms with Gasteiger partial charge in [-0.15, -0.1) is 0 Å². The van der Waals surface area contributed by atoms with Gasteiger partial charge in [-0.05, 0) is 24.5 Å². The third-order valence-corrected chi connectivity index (χ3v) is 4.49. The van der Waals surface area contributed by atoms with Crippen LogP contribution in [-0.2, 0) is 16.1 Å². The molecule has 23 heavy (non-hydrogen) atoms. The molecule has 6 heteroatoms. The van der Waals surface area contributed by atoms with Gasteiger partial charge >= 0.3 is 17.8 Å². The van der Waals surface area contributed by atoms with Crippen LogP contribution in [0, 0.1) is 11.3 Å². The van der Waals surface area contributed by atoms with Gasteiger partial charge in [0.2, 0.25) is 0 Å². The maximum Gasteiger partial charge on any atom is 0.334 e. The van der Waals surface area contributed by atoms with Crippen molar-refractivity contribution in [1.82, 2.24) is 9.80 Å². The van der Waals surface area contributed by atoms with Crippen molar-refractivity contribution in [2.45, 2.75) is 44.7 Å². The maximum absolute atomic E-state index is 12.6. The summed E-state index contributed by atoms with van der Waals surface area (Å²) in [6.45, 7) is -0.0453. The lowest BCUT2D eigenvalue weighted by Crippen LogP contribution is -2.42. The highest BCUT2D eigenvalue weighted by Gasteiger charge is 2.47. The molecule has 0 unspecified atom stereocenters. The van der Waals surface area contributed by atoms with E-state index in [1.807, 2.05) is 6.07 Å². The summed E-state index contributed by atoms with van der Waals surface area (Å²) in [4.78, 5) is 39.1. The molecule has 0 bridgehead atoms. The number of carbonyl (C=O) groups is 3. The molecule has 0 spiro atoms. The van der Waals surface area contributed by atoms with Crippen molar-refractivity contribution < 1.29 is 14.4 Å². The molecule has 2 aliphatic rings. The van der Waals surface area contributed by atoms with Crippen LogP contribution in [0.4, 0.5) is 4.79 Å². The standard InChI is InChI=1S/C17H17N3O3/c18-10-12-6-4-5-7-13(12)11-19-15(21)16(22)20(17(19)23)14-8-2-1-3-9-14/h4-7,14H,1-3,8-9,11H2. The summed E-state index contributed by atoms with van der Waals surface area (Å²) >= 11 is 0. The number of nitriles is 1. The number of benzene rings is 1. The molecule has 0 N–H and O–H groups in total. The molecular weight excluding hydrogens is 294 g/mol. The van der Waals surface area contributed by atoms with Crippen LogP contribution in [0.5, 0.6) is 0 Å². The first-order valence-electron chi connectivity index (χ1n) is 7.80. The summed E-state index contributed by atoms with van der Waals surface area (Å²) in [5, 5.41) is 9.12. The van der Waals surface area contributed by atoms with Crippen LogP contribution in [-0.4, -0.2) is 33.7 Å². The Balaban J connectivity index is 1.83. The summed E-state index contributed by atoms with van der Waals surface area (Å²) < 4.78 is 0. The molecule has 4 amide bonds. The van der Waals surface area contributed by atoms with E-state index in [4.69, 9.17) is 5.26 Å². The zero-order valence-electron chi connectivity index (χ0n) is 12.7. The molecule has 1 saturated carbocycles. The molecule has 2 fully saturated rings. The minimum absolute atomic E-state index is 0.0453. The van der Waals surface area contributed by atoms with E-state index < -0.39 is 17.8 Å². The number of amides is 4. The first kappa shape index (κ1) is 15.2. The Labute approximate surface area is 134 Å². The number of carbonyl (C=O) groups excluding carboxylic acids is 3. The average molecular weight is 311 g/mol. The smallest absolute Gasteiger partial charge is 0.263 e. The van der Waals surface area contributed by atoms with Crippen LogP contribution < -0.4 is 0 Å². The molecule has 0 atom stereocenters. The van der Waals surface area contributed by atoms with Crippen LogP contribution in [0.3, 0.4) is 0 Å². The van der Waals surface area contributed by atoms with Crippen LogP contribution in [0.2, 0.25) is 0 Å². The van der Waals surface area contributed by atoms with Crippen molar-refractivity contribution in [3.63, 3.8) is 0 Å². The number of urea groups is 1. The monoisotopic (exact) mass is 311 g/mol. The van der Waals surface area contributed by atoms with Gasteiger partial charge in [0.25, 0.3) is 0 Å². The molecule has 3 rings (SSSR count). The van der Waals surface area contributed by atoms with Gasteiger partial charge in [0, 0.05) is 6.04 Å². The Morgan fingerprint density at radius 3 is 2.43 bits per heavy atom. The molecule has 1 heterocycles. The SMILES string of the molecule is N#Cc1ccccc1CN1C(=O)C(=O)N(C2CCCCC2)C1=O. The predicted molar refractivity (Wildman–Crippen MR) is 80.8 cm³/mol. The molecule has 118 valence electrons. The Bertz CT molecular complexity index is 701. The van der Waals surface area contributed by atoms with Crippen molar-refractivity contribution in [1.29, 1.82) is 5.26 Å². The third-order valence-electron chi connectivity index (χ3n) is 4.49. The van der Waals surface area contributed by atoms with Crippen molar-refractivity contribution in [2.24, 2.45) is 0 Å². The highest BCUT2D eigenvalue weighted by atomic mass is 16.2. The fourth-order valence-corrected chi connectivity index (χ4v) is 3.26. The quantitative estimate of drug-likeness (QED) is 0.633. The van der Waals surface area contributed by atoms with Gasteiger partial charge in [-0.2, -0.15) is 5.26 Å². The second-order valence-electron chi connectivity index (χ2n) is 5.91. The molecule has 1 aromatic carbocycles. The van der Waals surface area contributed by atoms with E-state index in [-0.39, 0.29) is 12.6 Å². The van der Waals surface area contributed by atoms with Gasteiger partial charge in [0.15, 0.2) is 0 Å². The van der Waals surface area contributed by atoms with Gasteiger partial charge in [-0.3, -0.25) is 19.4 Å². The number of imide groups is 2. The van der Waals surface area contributed by atoms with E-state index in [0.717, 1.165) is 41.9 Å². The van der Waals surface area contributed by atoms with E-state index in [1.54, 1.807) is 24.3 Å². The largest absolute Gasteiger partial charge is 0.334 e. The van der Waals surface area contributed by atoms with Crippen LogP contribution in [0.1, 0.15) is 43.2 Å². The number of rotatable bonds is 3. The van der Waals surface area contributed by atoms with Gasteiger partial charge in [0.05, 0.1) is 18.2 Å². The summed E-state index contributed by atoms with van der Waals surface area (Å²) in [6, 6.07) is 8.07. The summed E-state index contributed by atoms with van der Waals surface area (Å²) in [5.41, 5.74) is 0.964. The fourth-order valence-electron chi connectivity index (χ4n) is 3.26. The fraction of sp³-hybridized carbons (Fsp3) is 0.412. The predicted octanol–water partition coefficient (Wildman–Crippen LogP) is 2.18. The second-order valence-corrected chi connectivity index (χ2v) is 5.91. The normalized spacial score (nSPS) is 19.3. The molecule has 1 aliphatic heterocycles. The molecule has 1 aromatic rings. The third kappa shape index (κ3) is 2.70. The van der Waals surface area contributed by atoms with Crippen LogP contribution in [0.25, 0.3) is 0 Å². The lowest BCUT2D eigenvalue weighted by atomic mass is 9.94. The summed E-state index contributed by atoms with van der Waals surface area (Å²) in [7, 11) is 0. The molecule has 1 aliphatic carbocycles. The highest BCUT2D eigenvalue weighted by molar-refractivity contribution is 6.44. The molecule has 0 aromatic heterocycles. The van der Waals surface area contributed by atoms with Gasteiger partial charge in [-0.25, -0.2) is 4.79 Å². The van der Waals surface area contributed by atoms with Gasteiger partial charge in [0.1, 0.15) is 0 Å². The minimum atomic E-state index is -0.798. The minimum Gasteiger partial charge on any atom is -0.263 e. The molecular formula is C17H17N3O3. The Morgan fingerprint density at radius 1 is 1.04 bits per heavy atom. The lowest BCUT2D eigenvalue weighted by molar-refractivity contribution is -0.144. The Morgan fingerprint density at radius 2 is 1.74 bits per heavy atom. The zero-order chi connectivity index (χ0) is 16.4. The average Bonchev–Trinajstić information content (AvgIpc) is 2.80. The van der Waals surface area contributed by atoms with Crippen molar-refractivity contribution in [3.05, 3.63) is 35.4 Å². The van der Waals surface area contributed by atoms with E-state index in [1.165, 1.54) is 0 Å². The van der Waals surface area contributed by atoms with Crippen LogP contribution >= 0.6 is 0 Å². The topological polar surface area (TPSA) is 81.5 Å². The van der Waals surface area contributed by atoms with Crippen molar-refractivity contribution in [3.8, 4) is 6.07 Å². The van der Waals surface area contributed by atoms with Gasteiger partial charge < -0.3 is 0 Å². The lowest BCUT2D eigenvalue weighted by Gasteiger charge is -2.28. The van der Waals surface area contributed by atoms with Crippen LogP contribution in [0.15, 0.2) is 24.3 Å². The zero-order valence-corrected chi connectivity index (χ0v) is 12.7. The first-order valence-corrected chi connectivity index (χ1v) is 7.80. The van der Waals surface area contributed by atoms with Crippen molar-refractivity contribution in [2.75, 3.05) is 0 Å². The molecule has 6 nitrogen and oxygen atoms in total. The first-order chi connectivity index (χ1) is 11.1. The second kappa shape index (κ2) is 6.21. The van der Waals surface area contributed by atoms with E-state index in [0.29, 0.717) is 11.1 Å². The van der Waals surface area contributed by atoms with Gasteiger partial charge in [-0.1, -0.05) is 37.5 Å². The molecule has 1 saturated heterocycles. The Hall–Kier alpha value is -2.68. The number of nitrogens with zero attached hydrogens (tertiary/aromatic N) is 3. The molecule has 0 radical (unpaired) electrons.